The fourth-order valence-corrected chi connectivity index (χ4v) is 3.23. The minimum Gasteiger partial charge on any atom is -0.313 e. The van der Waals surface area contributed by atoms with Crippen molar-refractivity contribution < 1.29 is 0 Å². The van der Waals surface area contributed by atoms with Gasteiger partial charge in [-0.2, -0.15) is 0 Å². The molecule has 0 saturated heterocycles. The first-order valence-corrected chi connectivity index (χ1v) is 9.10. The number of nitrogens with zero attached hydrogens (tertiary/aromatic N) is 3. The van der Waals surface area contributed by atoms with Gasteiger partial charge in [-0.05, 0) is 70.6 Å². The van der Waals surface area contributed by atoms with Gasteiger partial charge < -0.3 is 4.90 Å². The zero-order chi connectivity index (χ0) is 18.7. The van der Waals surface area contributed by atoms with Gasteiger partial charge in [0.2, 0.25) is 0 Å². The number of rotatable bonds is 4. The van der Waals surface area contributed by atoms with Crippen LogP contribution in [0, 0.1) is 5.92 Å². The molecule has 3 heteroatoms. The molecule has 1 unspecified atom stereocenters. The Balaban J connectivity index is 2.40. The van der Waals surface area contributed by atoms with Gasteiger partial charge in [0.1, 0.15) is 5.70 Å². The lowest BCUT2D eigenvalue weighted by atomic mass is 9.87. The summed E-state index contributed by atoms with van der Waals surface area (Å²) in [5, 5.41) is 0. The van der Waals surface area contributed by atoms with E-state index in [0.29, 0.717) is 12.0 Å². The number of aliphatic imine (C=N–C) groups is 2. The summed E-state index contributed by atoms with van der Waals surface area (Å²) < 4.78 is 0. The van der Waals surface area contributed by atoms with E-state index in [1.54, 1.807) is 0 Å². The van der Waals surface area contributed by atoms with Crippen LogP contribution in [0.2, 0.25) is 0 Å². The Morgan fingerprint density at radius 1 is 1.40 bits per heavy atom. The summed E-state index contributed by atoms with van der Waals surface area (Å²) in [5.74, 6) is 1.49. The number of amidine groups is 1. The van der Waals surface area contributed by atoms with Crippen molar-refractivity contribution in [3.63, 3.8) is 0 Å². The summed E-state index contributed by atoms with van der Waals surface area (Å²) >= 11 is 0. The molecular formula is C22H31N3. The molecule has 0 spiro atoms. The van der Waals surface area contributed by atoms with Gasteiger partial charge in [0.25, 0.3) is 0 Å². The predicted molar refractivity (Wildman–Crippen MR) is 110 cm³/mol. The molecule has 1 heterocycles. The first kappa shape index (κ1) is 19.2. The SMILES string of the molecule is C=C(/N=C1\C(=C(C)C)N=CN1C(C)C)/C(=C/C)C1=CCC(C)C=C1C. The van der Waals surface area contributed by atoms with Crippen molar-refractivity contribution in [1.29, 1.82) is 0 Å². The topological polar surface area (TPSA) is 28.0 Å². The van der Waals surface area contributed by atoms with Crippen LogP contribution in [-0.4, -0.2) is 23.1 Å². The fraction of sp³-hybridized carbons (Fsp3) is 0.455. The van der Waals surface area contributed by atoms with Crippen molar-refractivity contribution in [2.24, 2.45) is 15.9 Å². The van der Waals surface area contributed by atoms with E-state index in [2.05, 4.69) is 83.2 Å². The Morgan fingerprint density at radius 3 is 2.60 bits per heavy atom. The monoisotopic (exact) mass is 337 g/mol. The molecule has 0 radical (unpaired) electrons. The van der Waals surface area contributed by atoms with Gasteiger partial charge in [0.05, 0.1) is 12.0 Å². The second-order valence-corrected chi connectivity index (χ2v) is 7.36. The average molecular weight is 338 g/mol. The summed E-state index contributed by atoms with van der Waals surface area (Å²) in [6.45, 7) is 19.2. The lowest BCUT2D eigenvalue weighted by Crippen LogP contribution is -2.32. The van der Waals surface area contributed by atoms with E-state index in [0.717, 1.165) is 34.8 Å². The molecule has 2 aliphatic rings. The summed E-state index contributed by atoms with van der Waals surface area (Å²) in [5.41, 5.74) is 6.57. The molecule has 0 aromatic carbocycles. The lowest BCUT2D eigenvalue weighted by Gasteiger charge is -2.23. The summed E-state index contributed by atoms with van der Waals surface area (Å²) in [4.78, 5) is 11.6. The van der Waals surface area contributed by atoms with Crippen LogP contribution in [0.4, 0.5) is 0 Å². The summed E-state index contributed by atoms with van der Waals surface area (Å²) in [6.07, 6.45) is 9.70. The highest BCUT2D eigenvalue weighted by Crippen LogP contribution is 2.32. The molecule has 0 fully saturated rings. The number of hydrogen-bond donors (Lipinski definition) is 0. The molecule has 0 amide bonds. The van der Waals surface area contributed by atoms with Gasteiger partial charge in [-0.25, -0.2) is 9.98 Å². The average Bonchev–Trinajstić information content (AvgIpc) is 2.94. The van der Waals surface area contributed by atoms with E-state index >= 15 is 0 Å². The quantitative estimate of drug-likeness (QED) is 0.595. The molecular weight excluding hydrogens is 306 g/mol. The van der Waals surface area contributed by atoms with Crippen LogP contribution in [-0.2, 0) is 0 Å². The lowest BCUT2D eigenvalue weighted by molar-refractivity contribution is 0.520. The molecule has 0 aromatic heterocycles. The molecule has 134 valence electrons. The van der Waals surface area contributed by atoms with Crippen molar-refractivity contribution in [1.82, 2.24) is 4.90 Å². The van der Waals surface area contributed by atoms with Crippen LogP contribution in [0.25, 0.3) is 0 Å². The van der Waals surface area contributed by atoms with E-state index in [9.17, 15) is 0 Å². The molecule has 2 rings (SSSR count). The van der Waals surface area contributed by atoms with E-state index in [1.807, 2.05) is 6.34 Å². The third-order valence-electron chi connectivity index (χ3n) is 4.58. The maximum absolute atomic E-state index is 4.91. The van der Waals surface area contributed by atoms with Crippen molar-refractivity contribution in [3.8, 4) is 0 Å². The molecule has 1 aliphatic heterocycles. The standard InChI is InChI=1S/C22H31N3/c1-9-19(20-11-10-16(6)12-17(20)7)18(8)24-22-21(14(2)3)23-13-25(22)15(4)5/h9,11-13,15-16H,8,10H2,1-7H3/b19-9-,24-22+. The van der Waals surface area contributed by atoms with E-state index in [-0.39, 0.29) is 0 Å². The molecule has 3 nitrogen and oxygen atoms in total. The van der Waals surface area contributed by atoms with Crippen molar-refractivity contribution in [2.45, 2.75) is 60.9 Å². The second-order valence-electron chi connectivity index (χ2n) is 7.36. The van der Waals surface area contributed by atoms with Crippen LogP contribution < -0.4 is 0 Å². The maximum atomic E-state index is 4.91. The molecule has 25 heavy (non-hydrogen) atoms. The van der Waals surface area contributed by atoms with Crippen LogP contribution in [0.3, 0.4) is 0 Å². The molecule has 0 N–H and O–H groups in total. The van der Waals surface area contributed by atoms with Crippen molar-refractivity contribution >= 4 is 12.2 Å². The molecule has 0 aromatic rings. The largest absolute Gasteiger partial charge is 0.313 e. The minimum atomic E-state index is 0.303. The second kappa shape index (κ2) is 7.81. The minimum absolute atomic E-state index is 0.303. The predicted octanol–water partition coefficient (Wildman–Crippen LogP) is 5.80. The first-order chi connectivity index (χ1) is 11.8. The Morgan fingerprint density at radius 2 is 2.08 bits per heavy atom. The normalized spacial score (nSPS) is 22.6. The van der Waals surface area contributed by atoms with Crippen LogP contribution in [0.15, 0.2) is 68.5 Å². The van der Waals surface area contributed by atoms with Gasteiger partial charge in [-0.1, -0.05) is 31.7 Å². The van der Waals surface area contributed by atoms with Crippen LogP contribution in [0.1, 0.15) is 54.9 Å². The third-order valence-corrected chi connectivity index (χ3v) is 4.58. The van der Waals surface area contributed by atoms with E-state index < -0.39 is 0 Å². The number of allylic oxidation sites excluding steroid dienone is 6. The molecule has 1 aliphatic carbocycles. The Kier molecular flexibility index (Phi) is 5.99. The molecule has 1 atom stereocenters. The maximum Gasteiger partial charge on any atom is 0.160 e. The zero-order valence-corrected chi connectivity index (χ0v) is 16.7. The molecule has 0 bridgehead atoms. The van der Waals surface area contributed by atoms with Gasteiger partial charge in [-0.3, -0.25) is 0 Å². The highest BCUT2D eigenvalue weighted by atomic mass is 15.3. The van der Waals surface area contributed by atoms with Crippen molar-refractivity contribution in [2.75, 3.05) is 0 Å². The van der Waals surface area contributed by atoms with E-state index in [1.165, 1.54) is 11.1 Å². The summed E-state index contributed by atoms with van der Waals surface area (Å²) in [6, 6.07) is 0.303. The Labute approximate surface area is 152 Å². The first-order valence-electron chi connectivity index (χ1n) is 9.10. The van der Waals surface area contributed by atoms with Gasteiger partial charge in [-0.15, -0.1) is 0 Å². The summed E-state index contributed by atoms with van der Waals surface area (Å²) in [7, 11) is 0. The zero-order valence-electron chi connectivity index (χ0n) is 16.7. The van der Waals surface area contributed by atoms with Crippen molar-refractivity contribution in [3.05, 3.63) is 58.5 Å². The Bertz CT molecular complexity index is 735. The van der Waals surface area contributed by atoms with Gasteiger partial charge in [0, 0.05) is 11.6 Å². The van der Waals surface area contributed by atoms with Gasteiger partial charge in [0.15, 0.2) is 5.84 Å². The van der Waals surface area contributed by atoms with Gasteiger partial charge >= 0.3 is 0 Å². The Hall–Kier alpha value is -2.16. The highest BCUT2D eigenvalue weighted by molar-refractivity contribution is 6.10. The smallest absolute Gasteiger partial charge is 0.160 e. The number of hydrogen-bond acceptors (Lipinski definition) is 2. The van der Waals surface area contributed by atoms with E-state index in [4.69, 9.17) is 4.99 Å². The van der Waals surface area contributed by atoms with Crippen LogP contribution >= 0.6 is 0 Å². The van der Waals surface area contributed by atoms with Crippen LogP contribution in [0.5, 0.6) is 0 Å². The highest BCUT2D eigenvalue weighted by Gasteiger charge is 2.25. The fourth-order valence-electron chi connectivity index (χ4n) is 3.23. The third kappa shape index (κ3) is 4.09. The molecule has 0 saturated carbocycles.